The summed E-state index contributed by atoms with van der Waals surface area (Å²) in [6, 6.07) is 3.51. The minimum Gasteiger partial charge on any atom is -0.486 e. The number of aromatic nitrogens is 2. The molecule has 0 radical (unpaired) electrons. The van der Waals surface area contributed by atoms with Crippen LogP contribution < -0.4 is 26.5 Å². The number of carbonyl (C=O) groups is 1. The summed E-state index contributed by atoms with van der Waals surface area (Å²) in [7, 11) is 0. The lowest BCUT2D eigenvalue weighted by Crippen LogP contribution is -2.33. The maximum atomic E-state index is 11.4. The van der Waals surface area contributed by atoms with Crippen LogP contribution in [0, 0.1) is 0 Å². The van der Waals surface area contributed by atoms with E-state index in [1.165, 1.54) is 0 Å². The van der Waals surface area contributed by atoms with Gasteiger partial charge in [-0.25, -0.2) is 10.8 Å². The van der Waals surface area contributed by atoms with Gasteiger partial charge in [0, 0.05) is 12.1 Å². The molecular weight excluding hydrogens is 250 g/mol. The lowest BCUT2D eigenvalue weighted by Gasteiger charge is -2.18. The van der Waals surface area contributed by atoms with Crippen molar-refractivity contribution in [3.63, 3.8) is 0 Å². The molecular formula is C11H13N5O3. The number of nitrogen functional groups attached to an aromatic ring is 1. The smallest absolute Gasteiger partial charge is 0.253 e. The standard InChI is InChI=1S/C11H13N5O3/c12-11-14-6-3-8-9(19-2-1-18-8)4-7(6)16(11)5-10(17)15-13/h3-4H,1-2,5,13H2,(H2,12,14)(H,15,17). The van der Waals surface area contributed by atoms with E-state index in [1.807, 2.05) is 0 Å². The SMILES string of the molecule is NNC(=O)Cn1c(N)nc2cc3c(cc21)OCCO3. The van der Waals surface area contributed by atoms with Crippen molar-refractivity contribution in [1.29, 1.82) is 0 Å². The van der Waals surface area contributed by atoms with Crippen LogP contribution in [0.3, 0.4) is 0 Å². The Morgan fingerprint density at radius 3 is 2.74 bits per heavy atom. The zero-order valence-electron chi connectivity index (χ0n) is 10.0. The van der Waals surface area contributed by atoms with Crippen LogP contribution in [0.25, 0.3) is 11.0 Å². The summed E-state index contributed by atoms with van der Waals surface area (Å²) in [6.45, 7) is 0.994. The van der Waals surface area contributed by atoms with Crippen LogP contribution in [0.1, 0.15) is 0 Å². The van der Waals surface area contributed by atoms with E-state index in [2.05, 4.69) is 10.4 Å². The van der Waals surface area contributed by atoms with Crippen molar-refractivity contribution >= 4 is 22.9 Å². The maximum Gasteiger partial charge on any atom is 0.253 e. The Kier molecular flexibility index (Phi) is 2.64. The molecule has 0 bridgehead atoms. The minimum absolute atomic E-state index is 0.00151. The molecule has 0 saturated heterocycles. The van der Waals surface area contributed by atoms with Gasteiger partial charge in [0.2, 0.25) is 5.95 Å². The molecule has 0 spiro atoms. The number of amides is 1. The molecule has 2 heterocycles. The number of nitrogens with zero attached hydrogens (tertiary/aromatic N) is 2. The number of rotatable bonds is 2. The van der Waals surface area contributed by atoms with Crippen molar-refractivity contribution in [3.8, 4) is 11.5 Å². The molecule has 100 valence electrons. The molecule has 0 atom stereocenters. The van der Waals surface area contributed by atoms with Crippen molar-refractivity contribution in [1.82, 2.24) is 15.0 Å². The van der Waals surface area contributed by atoms with E-state index >= 15 is 0 Å². The third kappa shape index (κ3) is 1.91. The molecule has 0 unspecified atom stereocenters. The Morgan fingerprint density at radius 2 is 2.05 bits per heavy atom. The number of ether oxygens (including phenoxy) is 2. The topological polar surface area (TPSA) is 117 Å². The van der Waals surface area contributed by atoms with Gasteiger partial charge >= 0.3 is 0 Å². The molecule has 1 amide bonds. The lowest BCUT2D eigenvalue weighted by molar-refractivity contribution is -0.121. The van der Waals surface area contributed by atoms with Crippen LogP contribution in [-0.4, -0.2) is 28.7 Å². The number of anilines is 1. The molecule has 1 aromatic heterocycles. The van der Waals surface area contributed by atoms with Crippen LogP contribution in [0.4, 0.5) is 5.95 Å². The third-order valence-corrected chi connectivity index (χ3v) is 2.90. The average molecular weight is 263 g/mol. The van der Waals surface area contributed by atoms with Crippen LogP contribution in [-0.2, 0) is 11.3 Å². The number of carbonyl (C=O) groups excluding carboxylic acids is 1. The lowest BCUT2D eigenvalue weighted by atomic mass is 10.2. The first kappa shape index (κ1) is 11.6. The number of hydrogen-bond donors (Lipinski definition) is 3. The van der Waals surface area contributed by atoms with Gasteiger partial charge < -0.3 is 19.8 Å². The molecule has 8 heteroatoms. The monoisotopic (exact) mass is 263 g/mol. The number of hydrazine groups is 1. The fourth-order valence-electron chi connectivity index (χ4n) is 2.04. The van der Waals surface area contributed by atoms with Crippen LogP contribution in [0.2, 0.25) is 0 Å². The largest absolute Gasteiger partial charge is 0.486 e. The number of imidazole rings is 1. The second kappa shape index (κ2) is 4.32. The second-order valence-electron chi connectivity index (χ2n) is 4.11. The van der Waals surface area contributed by atoms with Gasteiger partial charge in [-0.15, -0.1) is 0 Å². The minimum atomic E-state index is -0.360. The predicted octanol–water partition coefficient (Wildman–Crippen LogP) is -0.620. The quantitative estimate of drug-likeness (QED) is 0.377. The second-order valence-corrected chi connectivity index (χ2v) is 4.11. The van der Waals surface area contributed by atoms with Crippen molar-refractivity contribution in [3.05, 3.63) is 12.1 Å². The van der Waals surface area contributed by atoms with Gasteiger partial charge in [-0.3, -0.25) is 10.2 Å². The van der Waals surface area contributed by atoms with Crippen LogP contribution in [0.5, 0.6) is 11.5 Å². The fourth-order valence-corrected chi connectivity index (χ4v) is 2.04. The highest BCUT2D eigenvalue weighted by molar-refractivity contribution is 5.85. The summed E-state index contributed by atoms with van der Waals surface area (Å²) in [6.07, 6.45) is 0. The van der Waals surface area contributed by atoms with Gasteiger partial charge in [-0.2, -0.15) is 0 Å². The summed E-state index contributed by atoms with van der Waals surface area (Å²) >= 11 is 0. The zero-order chi connectivity index (χ0) is 13.4. The van der Waals surface area contributed by atoms with Crippen molar-refractivity contribution in [2.24, 2.45) is 5.84 Å². The number of nitrogens with two attached hydrogens (primary N) is 2. The number of nitrogens with one attached hydrogen (secondary N) is 1. The van der Waals surface area contributed by atoms with E-state index in [9.17, 15) is 4.79 Å². The molecule has 2 aromatic rings. The van der Waals surface area contributed by atoms with E-state index in [4.69, 9.17) is 21.1 Å². The van der Waals surface area contributed by atoms with Gasteiger partial charge in [0.25, 0.3) is 5.91 Å². The molecule has 8 nitrogen and oxygen atoms in total. The number of fused-ring (bicyclic) bond motifs is 2. The van der Waals surface area contributed by atoms with Crippen molar-refractivity contribution in [2.75, 3.05) is 18.9 Å². The van der Waals surface area contributed by atoms with Crippen molar-refractivity contribution in [2.45, 2.75) is 6.54 Å². The summed E-state index contributed by atoms with van der Waals surface area (Å²) in [5.41, 5.74) is 9.21. The van der Waals surface area contributed by atoms with E-state index < -0.39 is 0 Å². The molecule has 1 aliphatic rings. The van der Waals surface area contributed by atoms with E-state index in [-0.39, 0.29) is 18.4 Å². The Balaban J connectivity index is 2.11. The summed E-state index contributed by atoms with van der Waals surface area (Å²) < 4.78 is 12.5. The number of hydrogen-bond acceptors (Lipinski definition) is 6. The Bertz CT molecular complexity index is 651. The van der Waals surface area contributed by atoms with Gasteiger partial charge in [0.1, 0.15) is 19.8 Å². The molecule has 0 saturated carbocycles. The first-order valence-electron chi connectivity index (χ1n) is 5.74. The highest BCUT2D eigenvalue weighted by atomic mass is 16.6. The van der Waals surface area contributed by atoms with Crippen LogP contribution in [0.15, 0.2) is 12.1 Å². The van der Waals surface area contributed by atoms with Crippen LogP contribution >= 0.6 is 0 Å². The number of benzene rings is 1. The third-order valence-electron chi connectivity index (χ3n) is 2.90. The predicted molar refractivity (Wildman–Crippen MR) is 67.5 cm³/mol. The summed E-state index contributed by atoms with van der Waals surface area (Å²) in [5, 5.41) is 0. The summed E-state index contributed by atoms with van der Waals surface area (Å²) in [5.74, 6) is 6.20. The molecule has 19 heavy (non-hydrogen) atoms. The highest BCUT2D eigenvalue weighted by Gasteiger charge is 2.18. The molecule has 5 N–H and O–H groups in total. The van der Waals surface area contributed by atoms with Gasteiger partial charge in [0.15, 0.2) is 11.5 Å². The molecule has 0 aliphatic carbocycles. The normalized spacial score (nSPS) is 13.5. The zero-order valence-corrected chi connectivity index (χ0v) is 10.0. The maximum absolute atomic E-state index is 11.4. The molecule has 1 aliphatic heterocycles. The summed E-state index contributed by atoms with van der Waals surface area (Å²) in [4.78, 5) is 15.6. The van der Waals surface area contributed by atoms with Gasteiger partial charge in [-0.1, -0.05) is 0 Å². The molecule has 3 rings (SSSR count). The highest BCUT2D eigenvalue weighted by Crippen LogP contribution is 2.35. The first-order valence-corrected chi connectivity index (χ1v) is 5.74. The molecule has 0 fully saturated rings. The fraction of sp³-hybridized carbons (Fsp3) is 0.273. The molecule has 1 aromatic carbocycles. The average Bonchev–Trinajstić information content (AvgIpc) is 2.72. The van der Waals surface area contributed by atoms with Gasteiger partial charge in [0.05, 0.1) is 11.0 Å². The van der Waals surface area contributed by atoms with E-state index in [0.29, 0.717) is 35.7 Å². The Labute approximate surface area is 108 Å². The first-order chi connectivity index (χ1) is 9.19. The van der Waals surface area contributed by atoms with Gasteiger partial charge in [-0.05, 0) is 0 Å². The Hall–Kier alpha value is -2.48. The Morgan fingerprint density at radius 1 is 1.37 bits per heavy atom. The van der Waals surface area contributed by atoms with Crippen molar-refractivity contribution < 1.29 is 14.3 Å². The van der Waals surface area contributed by atoms with E-state index in [1.54, 1.807) is 16.7 Å². The van der Waals surface area contributed by atoms with E-state index in [0.717, 1.165) is 0 Å².